The van der Waals surface area contributed by atoms with Gasteiger partial charge in [0.1, 0.15) is 18.1 Å². The maximum Gasteiger partial charge on any atom is 0.326 e. The predicted octanol–water partition coefficient (Wildman–Crippen LogP) is -0.0694. The SMILES string of the molecule is CCC(C)C(N)C(=O)NC(C)C(=O)NC(Cc1cnc[nH]1)C(=O)NC(CC(C)C)C(=O)O. The van der Waals surface area contributed by atoms with E-state index in [1.54, 1.807) is 0 Å². The molecule has 0 aromatic carbocycles. The van der Waals surface area contributed by atoms with Gasteiger partial charge in [-0.2, -0.15) is 0 Å². The molecular formula is C21H36N6O5. The molecule has 5 atom stereocenters. The van der Waals surface area contributed by atoms with Crippen LogP contribution >= 0.6 is 0 Å². The Morgan fingerprint density at radius 3 is 2.16 bits per heavy atom. The van der Waals surface area contributed by atoms with Crippen molar-refractivity contribution in [2.24, 2.45) is 17.6 Å². The fourth-order valence-electron chi connectivity index (χ4n) is 2.97. The smallest absolute Gasteiger partial charge is 0.326 e. The highest BCUT2D eigenvalue weighted by atomic mass is 16.4. The van der Waals surface area contributed by atoms with Crippen LogP contribution in [0.4, 0.5) is 0 Å². The number of H-pyrrole nitrogens is 1. The number of carboxylic acid groups (broad SMARTS) is 1. The fraction of sp³-hybridized carbons (Fsp3) is 0.667. The summed E-state index contributed by atoms with van der Waals surface area (Å²) in [6.07, 6.45) is 3.96. The van der Waals surface area contributed by atoms with Crippen molar-refractivity contribution in [1.82, 2.24) is 25.9 Å². The lowest BCUT2D eigenvalue weighted by atomic mass is 9.99. The Balaban J connectivity index is 2.89. The lowest BCUT2D eigenvalue weighted by Gasteiger charge is -2.24. The van der Waals surface area contributed by atoms with E-state index < -0.39 is 47.9 Å². The highest BCUT2D eigenvalue weighted by molar-refractivity contribution is 5.94. The molecule has 3 amide bonds. The first-order valence-corrected chi connectivity index (χ1v) is 10.8. The third-order valence-corrected chi connectivity index (χ3v) is 5.25. The van der Waals surface area contributed by atoms with E-state index >= 15 is 0 Å². The van der Waals surface area contributed by atoms with Gasteiger partial charge in [0.15, 0.2) is 0 Å². The molecule has 1 aromatic heterocycles. The molecule has 0 aliphatic heterocycles. The first-order valence-electron chi connectivity index (χ1n) is 10.8. The number of hydrogen-bond donors (Lipinski definition) is 6. The van der Waals surface area contributed by atoms with Gasteiger partial charge in [-0.15, -0.1) is 0 Å². The van der Waals surface area contributed by atoms with Crippen molar-refractivity contribution >= 4 is 23.7 Å². The first-order chi connectivity index (χ1) is 15.0. The highest BCUT2D eigenvalue weighted by Gasteiger charge is 2.30. The van der Waals surface area contributed by atoms with Gasteiger partial charge in [-0.3, -0.25) is 14.4 Å². The van der Waals surface area contributed by atoms with Gasteiger partial charge < -0.3 is 31.8 Å². The first kappa shape index (κ1) is 27.1. The molecule has 1 heterocycles. The van der Waals surface area contributed by atoms with Gasteiger partial charge >= 0.3 is 5.97 Å². The zero-order chi connectivity index (χ0) is 24.4. The third kappa shape index (κ3) is 8.66. The quantitative estimate of drug-likeness (QED) is 0.242. The maximum atomic E-state index is 12.9. The molecule has 0 aliphatic rings. The van der Waals surface area contributed by atoms with Crippen LogP contribution in [-0.4, -0.2) is 62.9 Å². The molecule has 1 rings (SSSR count). The van der Waals surface area contributed by atoms with Crippen molar-refractivity contribution in [2.45, 2.75) is 78.0 Å². The molecule has 11 nitrogen and oxygen atoms in total. The van der Waals surface area contributed by atoms with Crippen LogP contribution in [0.25, 0.3) is 0 Å². The molecule has 1 aromatic rings. The van der Waals surface area contributed by atoms with Gasteiger partial charge in [-0.25, -0.2) is 9.78 Å². The number of nitrogens with two attached hydrogens (primary N) is 1. The third-order valence-electron chi connectivity index (χ3n) is 5.25. The van der Waals surface area contributed by atoms with E-state index in [-0.39, 0.29) is 24.7 Å². The second-order valence-electron chi connectivity index (χ2n) is 8.51. The monoisotopic (exact) mass is 452 g/mol. The van der Waals surface area contributed by atoms with Crippen LogP contribution in [0.15, 0.2) is 12.5 Å². The summed E-state index contributed by atoms with van der Waals surface area (Å²) in [4.78, 5) is 56.1. The lowest BCUT2D eigenvalue weighted by Crippen LogP contribution is -2.57. The maximum absolute atomic E-state index is 12.9. The molecule has 180 valence electrons. The number of rotatable bonds is 13. The Hall–Kier alpha value is -2.95. The van der Waals surface area contributed by atoms with Crippen LogP contribution in [0.2, 0.25) is 0 Å². The van der Waals surface area contributed by atoms with Gasteiger partial charge in [-0.05, 0) is 25.2 Å². The summed E-state index contributed by atoms with van der Waals surface area (Å²) in [6, 6.07) is -3.86. The molecule has 11 heteroatoms. The number of carboxylic acids is 1. The molecule has 0 saturated heterocycles. The summed E-state index contributed by atoms with van der Waals surface area (Å²) in [5, 5.41) is 17.1. The highest BCUT2D eigenvalue weighted by Crippen LogP contribution is 2.08. The van der Waals surface area contributed by atoms with E-state index in [4.69, 9.17) is 5.73 Å². The molecule has 0 fully saturated rings. The Bertz CT molecular complexity index is 767. The molecule has 7 N–H and O–H groups in total. The van der Waals surface area contributed by atoms with E-state index in [2.05, 4.69) is 25.9 Å². The summed E-state index contributed by atoms with van der Waals surface area (Å²) in [6.45, 7) is 8.94. The summed E-state index contributed by atoms with van der Waals surface area (Å²) >= 11 is 0. The summed E-state index contributed by atoms with van der Waals surface area (Å²) in [5.74, 6) is -2.86. The molecular weight excluding hydrogens is 416 g/mol. The van der Waals surface area contributed by atoms with E-state index in [9.17, 15) is 24.3 Å². The number of hydrogen-bond acceptors (Lipinski definition) is 6. The minimum absolute atomic E-state index is 0.0435. The number of aromatic nitrogens is 2. The Labute approximate surface area is 188 Å². The number of amides is 3. The number of imidazole rings is 1. The molecule has 0 spiro atoms. The standard InChI is InChI=1S/C21H36N6O5/c1-6-12(4)17(22)20(30)25-13(5)18(28)26-15(8-14-9-23-10-24-14)19(29)27-16(21(31)32)7-11(2)3/h9-13,15-17H,6-8,22H2,1-5H3,(H,23,24)(H,25,30)(H,26,28)(H,27,29)(H,31,32). The molecule has 0 saturated carbocycles. The summed E-state index contributed by atoms with van der Waals surface area (Å²) < 4.78 is 0. The van der Waals surface area contributed by atoms with Gasteiger partial charge in [0.2, 0.25) is 17.7 Å². The Morgan fingerprint density at radius 1 is 1.03 bits per heavy atom. The molecule has 32 heavy (non-hydrogen) atoms. The molecule has 5 unspecified atom stereocenters. The number of nitrogens with one attached hydrogen (secondary N) is 4. The van der Waals surface area contributed by atoms with Gasteiger partial charge in [-0.1, -0.05) is 34.1 Å². The summed E-state index contributed by atoms with van der Waals surface area (Å²) in [7, 11) is 0. The second-order valence-corrected chi connectivity index (χ2v) is 8.51. The van der Waals surface area contributed by atoms with E-state index in [1.165, 1.54) is 19.4 Å². The molecule has 0 aliphatic carbocycles. The normalized spacial score (nSPS) is 15.8. The van der Waals surface area contributed by atoms with Gasteiger partial charge in [0, 0.05) is 18.3 Å². The van der Waals surface area contributed by atoms with Crippen LogP contribution in [-0.2, 0) is 25.6 Å². The number of aliphatic carboxylic acids is 1. The van der Waals surface area contributed by atoms with E-state index in [1.807, 2.05) is 27.7 Å². The average molecular weight is 453 g/mol. The fourth-order valence-corrected chi connectivity index (χ4v) is 2.97. The number of aromatic amines is 1. The van der Waals surface area contributed by atoms with E-state index in [0.29, 0.717) is 12.1 Å². The van der Waals surface area contributed by atoms with Crippen molar-refractivity contribution in [3.63, 3.8) is 0 Å². The zero-order valence-electron chi connectivity index (χ0n) is 19.3. The van der Waals surface area contributed by atoms with Crippen LogP contribution in [0, 0.1) is 11.8 Å². The van der Waals surface area contributed by atoms with Gasteiger partial charge in [0.05, 0.1) is 12.4 Å². The minimum Gasteiger partial charge on any atom is -0.480 e. The largest absolute Gasteiger partial charge is 0.480 e. The number of carbonyl (C=O) groups is 4. The van der Waals surface area contributed by atoms with Crippen LogP contribution in [0.1, 0.15) is 53.2 Å². The van der Waals surface area contributed by atoms with Crippen molar-refractivity contribution in [3.8, 4) is 0 Å². The number of nitrogens with zero attached hydrogens (tertiary/aromatic N) is 1. The molecule has 0 radical (unpaired) electrons. The van der Waals surface area contributed by atoms with Crippen molar-refractivity contribution in [2.75, 3.05) is 0 Å². The Kier molecular flexibility index (Phi) is 10.8. The van der Waals surface area contributed by atoms with Crippen molar-refractivity contribution in [3.05, 3.63) is 18.2 Å². The topological polar surface area (TPSA) is 179 Å². The van der Waals surface area contributed by atoms with Crippen molar-refractivity contribution in [1.29, 1.82) is 0 Å². The number of carbonyl (C=O) groups excluding carboxylic acids is 3. The lowest BCUT2D eigenvalue weighted by molar-refractivity contribution is -0.142. The average Bonchev–Trinajstić information content (AvgIpc) is 3.23. The second kappa shape index (κ2) is 12.8. The van der Waals surface area contributed by atoms with Gasteiger partial charge in [0.25, 0.3) is 0 Å². The molecule has 0 bridgehead atoms. The van der Waals surface area contributed by atoms with E-state index in [0.717, 1.165) is 0 Å². The Morgan fingerprint density at radius 2 is 1.66 bits per heavy atom. The minimum atomic E-state index is -1.15. The van der Waals surface area contributed by atoms with Crippen LogP contribution < -0.4 is 21.7 Å². The zero-order valence-corrected chi connectivity index (χ0v) is 19.3. The van der Waals surface area contributed by atoms with Crippen LogP contribution in [0.3, 0.4) is 0 Å². The predicted molar refractivity (Wildman–Crippen MR) is 118 cm³/mol. The van der Waals surface area contributed by atoms with Crippen LogP contribution in [0.5, 0.6) is 0 Å². The summed E-state index contributed by atoms with van der Waals surface area (Å²) in [5.41, 5.74) is 6.49. The van der Waals surface area contributed by atoms with Crippen molar-refractivity contribution < 1.29 is 24.3 Å².